The van der Waals surface area contributed by atoms with Crippen LogP contribution in [-0.4, -0.2) is 41.5 Å². The minimum atomic E-state index is -0.334. The summed E-state index contributed by atoms with van der Waals surface area (Å²) in [5.74, 6) is 0.798. The summed E-state index contributed by atoms with van der Waals surface area (Å²) >= 11 is 7.13. The highest BCUT2D eigenvalue weighted by Crippen LogP contribution is 2.23. The molecular weight excluding hydrogens is 386 g/mol. The summed E-state index contributed by atoms with van der Waals surface area (Å²) in [6.07, 6.45) is 2.96. The first-order valence-electron chi connectivity index (χ1n) is 8.86. The second kappa shape index (κ2) is 8.71. The number of nitrogens with zero attached hydrogens (tertiary/aromatic N) is 2. The van der Waals surface area contributed by atoms with E-state index in [1.807, 2.05) is 13.8 Å². The van der Waals surface area contributed by atoms with Crippen LogP contribution in [0.15, 0.2) is 24.4 Å². The Morgan fingerprint density at radius 1 is 1.30 bits per heavy atom. The fraction of sp³-hybridized carbons (Fsp3) is 0.421. The van der Waals surface area contributed by atoms with E-state index in [1.54, 1.807) is 29.3 Å². The maximum Gasteiger partial charge on any atom is 0.415 e. The molecule has 0 saturated carbocycles. The van der Waals surface area contributed by atoms with Gasteiger partial charge in [-0.1, -0.05) is 11.6 Å². The topological polar surface area (TPSA) is 71.5 Å². The van der Waals surface area contributed by atoms with E-state index in [0.29, 0.717) is 40.5 Å². The van der Waals surface area contributed by atoms with Gasteiger partial charge in [0, 0.05) is 37.1 Å². The van der Waals surface area contributed by atoms with Gasteiger partial charge in [-0.15, -0.1) is 11.3 Å². The third-order valence-electron chi connectivity index (χ3n) is 4.82. The van der Waals surface area contributed by atoms with E-state index in [4.69, 9.17) is 16.3 Å². The van der Waals surface area contributed by atoms with Gasteiger partial charge in [-0.05, 0) is 50.8 Å². The lowest BCUT2D eigenvalue weighted by molar-refractivity contribution is 0.0935. The highest BCUT2D eigenvalue weighted by atomic mass is 35.5. The average Bonchev–Trinajstić information content (AvgIpc) is 3.10. The number of ether oxygens (including phenoxy) is 1. The van der Waals surface area contributed by atoms with E-state index in [2.05, 4.69) is 10.3 Å². The normalized spacial score (nSPS) is 14.9. The molecule has 0 aromatic carbocycles. The Hall–Kier alpha value is -2.12. The summed E-state index contributed by atoms with van der Waals surface area (Å²) in [4.78, 5) is 31.0. The molecule has 0 aliphatic carbocycles. The third kappa shape index (κ3) is 4.99. The molecule has 1 saturated heterocycles. The molecule has 144 valence electrons. The Balaban J connectivity index is 1.45. The number of hydrogen-bond donors (Lipinski definition) is 1. The molecule has 0 atom stereocenters. The van der Waals surface area contributed by atoms with Crippen LogP contribution in [0.3, 0.4) is 0 Å². The van der Waals surface area contributed by atoms with Crippen molar-refractivity contribution in [2.75, 3.05) is 19.6 Å². The molecule has 0 radical (unpaired) electrons. The lowest BCUT2D eigenvalue weighted by Gasteiger charge is -2.31. The highest BCUT2D eigenvalue weighted by molar-refractivity contribution is 7.17. The second-order valence-corrected chi connectivity index (χ2v) is 8.35. The summed E-state index contributed by atoms with van der Waals surface area (Å²) in [6.45, 7) is 5.61. The molecule has 1 aliphatic rings. The number of piperidine rings is 1. The van der Waals surface area contributed by atoms with Crippen molar-refractivity contribution in [3.63, 3.8) is 0 Å². The van der Waals surface area contributed by atoms with Gasteiger partial charge >= 0.3 is 6.09 Å². The number of carbonyl (C=O) groups is 2. The first-order valence-corrected chi connectivity index (χ1v) is 10.1. The Labute approximate surface area is 167 Å². The summed E-state index contributed by atoms with van der Waals surface area (Å²) < 4.78 is 6.13. The van der Waals surface area contributed by atoms with Gasteiger partial charge in [-0.2, -0.15) is 0 Å². The zero-order chi connectivity index (χ0) is 19.4. The lowest BCUT2D eigenvalue weighted by atomic mass is 9.97. The van der Waals surface area contributed by atoms with Crippen molar-refractivity contribution in [1.82, 2.24) is 15.2 Å². The molecule has 1 N–H and O–H groups in total. The number of amides is 2. The molecule has 6 nitrogen and oxygen atoms in total. The molecule has 2 aromatic heterocycles. The number of carbonyl (C=O) groups excluding carboxylic acids is 2. The van der Waals surface area contributed by atoms with Gasteiger partial charge < -0.3 is 15.0 Å². The predicted octanol–water partition coefficient (Wildman–Crippen LogP) is 4.05. The smallest absolute Gasteiger partial charge is 0.410 e. The van der Waals surface area contributed by atoms with Crippen LogP contribution in [0.4, 0.5) is 4.79 Å². The maximum absolute atomic E-state index is 12.4. The van der Waals surface area contributed by atoms with Gasteiger partial charge in [0.15, 0.2) is 0 Å². The molecule has 2 amide bonds. The maximum atomic E-state index is 12.4. The number of halogens is 1. The van der Waals surface area contributed by atoms with E-state index in [9.17, 15) is 9.59 Å². The number of aryl methyl sites for hydroxylation is 1. The van der Waals surface area contributed by atoms with Gasteiger partial charge in [-0.3, -0.25) is 9.78 Å². The van der Waals surface area contributed by atoms with Crippen molar-refractivity contribution < 1.29 is 14.3 Å². The van der Waals surface area contributed by atoms with Crippen LogP contribution in [0.5, 0.6) is 5.75 Å². The molecule has 1 fully saturated rings. The van der Waals surface area contributed by atoms with Gasteiger partial charge in [0.2, 0.25) is 0 Å². The second-order valence-electron chi connectivity index (χ2n) is 6.63. The van der Waals surface area contributed by atoms with Crippen LogP contribution in [0.2, 0.25) is 4.34 Å². The number of aromatic nitrogens is 1. The van der Waals surface area contributed by atoms with Crippen LogP contribution in [0.1, 0.15) is 33.8 Å². The number of thiophene rings is 1. The van der Waals surface area contributed by atoms with E-state index in [0.717, 1.165) is 24.1 Å². The molecule has 2 aromatic rings. The fourth-order valence-electron chi connectivity index (χ4n) is 2.97. The summed E-state index contributed by atoms with van der Waals surface area (Å²) in [5.41, 5.74) is 1.72. The zero-order valence-electron chi connectivity index (χ0n) is 15.3. The predicted molar refractivity (Wildman–Crippen MR) is 106 cm³/mol. The molecule has 8 heteroatoms. The number of hydrogen-bond acceptors (Lipinski definition) is 5. The van der Waals surface area contributed by atoms with Crippen LogP contribution in [0, 0.1) is 19.8 Å². The minimum Gasteiger partial charge on any atom is -0.410 e. The van der Waals surface area contributed by atoms with Crippen molar-refractivity contribution >= 4 is 34.9 Å². The van der Waals surface area contributed by atoms with E-state index >= 15 is 0 Å². The van der Waals surface area contributed by atoms with E-state index in [-0.39, 0.29) is 12.0 Å². The summed E-state index contributed by atoms with van der Waals surface area (Å²) in [7, 11) is 0. The molecule has 27 heavy (non-hydrogen) atoms. The molecular formula is C19H22ClN3O3S. The Bertz CT molecular complexity index is 831. The highest BCUT2D eigenvalue weighted by Gasteiger charge is 2.25. The largest absolute Gasteiger partial charge is 0.415 e. The number of rotatable bonds is 4. The van der Waals surface area contributed by atoms with Crippen molar-refractivity contribution in [2.24, 2.45) is 5.92 Å². The third-order valence-corrected chi connectivity index (χ3v) is 6.05. The van der Waals surface area contributed by atoms with Crippen LogP contribution in [-0.2, 0) is 0 Å². The van der Waals surface area contributed by atoms with Gasteiger partial charge in [0.1, 0.15) is 5.75 Å². The van der Waals surface area contributed by atoms with Crippen molar-refractivity contribution in [1.29, 1.82) is 0 Å². The van der Waals surface area contributed by atoms with Crippen molar-refractivity contribution in [3.05, 3.63) is 44.9 Å². The quantitative estimate of drug-likeness (QED) is 0.829. The Kier molecular flexibility index (Phi) is 6.34. The van der Waals surface area contributed by atoms with Crippen molar-refractivity contribution in [3.8, 4) is 5.75 Å². The van der Waals surface area contributed by atoms with E-state index < -0.39 is 0 Å². The molecule has 0 bridgehead atoms. The van der Waals surface area contributed by atoms with E-state index in [1.165, 1.54) is 11.3 Å². The monoisotopic (exact) mass is 407 g/mol. The zero-order valence-corrected chi connectivity index (χ0v) is 16.9. The molecule has 1 aliphatic heterocycles. The summed E-state index contributed by atoms with van der Waals surface area (Å²) in [5, 5.41) is 2.95. The number of pyridine rings is 1. The fourth-order valence-corrected chi connectivity index (χ4v) is 3.93. The van der Waals surface area contributed by atoms with Crippen molar-refractivity contribution in [2.45, 2.75) is 26.7 Å². The first-order chi connectivity index (χ1) is 12.9. The average molecular weight is 408 g/mol. The lowest BCUT2D eigenvalue weighted by Crippen LogP contribution is -2.42. The number of likely N-dealkylation sites (tertiary alicyclic amines) is 1. The molecule has 0 unspecified atom stereocenters. The summed E-state index contributed by atoms with van der Waals surface area (Å²) in [6, 6.07) is 5.15. The molecule has 3 heterocycles. The Morgan fingerprint density at radius 2 is 2.04 bits per heavy atom. The van der Waals surface area contributed by atoms with Crippen LogP contribution < -0.4 is 10.1 Å². The molecule has 0 spiro atoms. The van der Waals surface area contributed by atoms with Gasteiger partial charge in [0.05, 0.1) is 9.21 Å². The standard InChI is InChI=1S/C19H22ClN3O3S/c1-12-13(2)21-8-5-15(12)26-19(25)23-9-6-14(7-10-23)11-22-18(24)16-3-4-17(20)27-16/h3-5,8,14H,6-7,9-11H2,1-2H3,(H,22,24). The van der Waals surface area contributed by atoms with Crippen LogP contribution >= 0.6 is 22.9 Å². The molecule has 3 rings (SSSR count). The number of nitrogens with one attached hydrogen (secondary N) is 1. The van der Waals surface area contributed by atoms with Gasteiger partial charge in [0.25, 0.3) is 5.91 Å². The van der Waals surface area contributed by atoms with Gasteiger partial charge in [-0.25, -0.2) is 4.79 Å². The Morgan fingerprint density at radius 3 is 2.70 bits per heavy atom. The first kappa shape index (κ1) is 19.6. The minimum absolute atomic E-state index is 0.0997. The SMILES string of the molecule is Cc1nccc(OC(=O)N2CCC(CNC(=O)c3ccc(Cl)s3)CC2)c1C. The van der Waals surface area contributed by atoms with Crippen LogP contribution in [0.25, 0.3) is 0 Å².